The highest BCUT2D eigenvalue weighted by molar-refractivity contribution is 5.09. The molecule has 84 valence electrons. The summed E-state index contributed by atoms with van der Waals surface area (Å²) in [4.78, 5) is 2.47. The molecule has 0 unspecified atom stereocenters. The van der Waals surface area contributed by atoms with Crippen molar-refractivity contribution in [2.75, 3.05) is 19.7 Å². The van der Waals surface area contributed by atoms with Gasteiger partial charge in [0.1, 0.15) is 0 Å². The van der Waals surface area contributed by atoms with E-state index in [0.717, 1.165) is 32.5 Å². The molecule has 1 aromatic rings. The Balaban J connectivity index is 1.82. The van der Waals surface area contributed by atoms with Crippen molar-refractivity contribution in [1.29, 1.82) is 0 Å². The molecule has 1 N–H and O–H groups in total. The number of aliphatic hydroxyl groups is 1. The van der Waals surface area contributed by atoms with Crippen molar-refractivity contribution < 1.29 is 5.11 Å². The summed E-state index contributed by atoms with van der Waals surface area (Å²) >= 11 is 0. The minimum atomic E-state index is 0.360. The molecule has 0 aromatic carbocycles. The van der Waals surface area contributed by atoms with E-state index in [1.165, 1.54) is 5.56 Å². The first-order chi connectivity index (χ1) is 7.28. The molecule has 3 nitrogen and oxygen atoms in total. The summed E-state index contributed by atoms with van der Waals surface area (Å²) in [5.41, 5.74) is 1.39. The van der Waals surface area contributed by atoms with E-state index in [2.05, 4.69) is 35.0 Å². The van der Waals surface area contributed by atoms with Crippen LogP contribution in [-0.2, 0) is 13.6 Å². The van der Waals surface area contributed by atoms with E-state index in [4.69, 9.17) is 5.11 Å². The molecule has 0 spiro atoms. The van der Waals surface area contributed by atoms with Gasteiger partial charge >= 0.3 is 0 Å². The van der Waals surface area contributed by atoms with E-state index in [0.29, 0.717) is 12.5 Å². The third-order valence-electron chi connectivity index (χ3n) is 3.26. The molecule has 1 saturated heterocycles. The Morgan fingerprint density at radius 2 is 2.13 bits per heavy atom. The van der Waals surface area contributed by atoms with Gasteiger partial charge in [0.2, 0.25) is 0 Å². The molecule has 0 bridgehead atoms. The van der Waals surface area contributed by atoms with Crippen molar-refractivity contribution in [3.05, 3.63) is 24.0 Å². The van der Waals surface area contributed by atoms with Gasteiger partial charge < -0.3 is 9.67 Å². The zero-order chi connectivity index (χ0) is 10.7. The average molecular weight is 208 g/mol. The van der Waals surface area contributed by atoms with Gasteiger partial charge in [0.25, 0.3) is 0 Å². The van der Waals surface area contributed by atoms with Gasteiger partial charge in [0.05, 0.1) is 0 Å². The van der Waals surface area contributed by atoms with Crippen LogP contribution < -0.4 is 0 Å². The van der Waals surface area contributed by atoms with Crippen LogP contribution >= 0.6 is 0 Å². The van der Waals surface area contributed by atoms with Gasteiger partial charge in [-0.3, -0.25) is 4.90 Å². The minimum absolute atomic E-state index is 0.360. The molecule has 15 heavy (non-hydrogen) atoms. The van der Waals surface area contributed by atoms with E-state index in [1.807, 2.05) is 0 Å². The maximum Gasteiger partial charge on any atom is 0.0460 e. The van der Waals surface area contributed by atoms with Gasteiger partial charge in [-0.2, -0.15) is 0 Å². The molecule has 0 saturated carbocycles. The van der Waals surface area contributed by atoms with Crippen LogP contribution in [0.1, 0.15) is 18.4 Å². The van der Waals surface area contributed by atoms with Gasteiger partial charge in [-0.15, -0.1) is 0 Å². The molecule has 0 radical (unpaired) electrons. The van der Waals surface area contributed by atoms with Crippen LogP contribution in [0, 0.1) is 5.92 Å². The van der Waals surface area contributed by atoms with Crippen LogP contribution in [0.5, 0.6) is 0 Å². The molecule has 1 fully saturated rings. The lowest BCUT2D eigenvalue weighted by molar-refractivity contribution is 0.127. The molecular weight excluding hydrogens is 188 g/mol. The van der Waals surface area contributed by atoms with Crippen LogP contribution in [0.4, 0.5) is 0 Å². The van der Waals surface area contributed by atoms with Gasteiger partial charge in [0.15, 0.2) is 0 Å². The highest BCUT2D eigenvalue weighted by Crippen LogP contribution is 2.18. The summed E-state index contributed by atoms with van der Waals surface area (Å²) in [6.07, 6.45) is 6.56. The molecular formula is C12H20N2O. The normalized spacial score (nSPS) is 19.6. The topological polar surface area (TPSA) is 28.4 Å². The zero-order valence-corrected chi connectivity index (χ0v) is 9.39. The molecule has 1 aromatic heterocycles. The van der Waals surface area contributed by atoms with Crippen molar-refractivity contribution in [1.82, 2.24) is 9.47 Å². The molecule has 3 heteroatoms. The Hall–Kier alpha value is -0.800. The first kappa shape index (κ1) is 10.7. The Morgan fingerprint density at radius 1 is 1.40 bits per heavy atom. The summed E-state index contributed by atoms with van der Waals surface area (Å²) in [5, 5.41) is 9.05. The number of hydrogen-bond acceptors (Lipinski definition) is 2. The molecule has 1 aliphatic heterocycles. The van der Waals surface area contributed by atoms with E-state index in [-0.39, 0.29) is 0 Å². The monoisotopic (exact) mass is 208 g/mol. The van der Waals surface area contributed by atoms with Gasteiger partial charge in [0, 0.05) is 32.6 Å². The van der Waals surface area contributed by atoms with Crippen molar-refractivity contribution in [3.8, 4) is 0 Å². The first-order valence-corrected chi connectivity index (χ1v) is 5.72. The fourth-order valence-electron chi connectivity index (χ4n) is 2.24. The first-order valence-electron chi connectivity index (χ1n) is 5.72. The Bertz CT molecular complexity index is 300. The van der Waals surface area contributed by atoms with E-state index in [1.54, 1.807) is 0 Å². The lowest BCUT2D eigenvalue weighted by Gasteiger charge is -2.30. The summed E-state index contributed by atoms with van der Waals surface area (Å²) in [6, 6.07) is 2.18. The summed E-state index contributed by atoms with van der Waals surface area (Å²) in [7, 11) is 2.06. The molecule has 1 aliphatic rings. The number of nitrogens with zero attached hydrogens (tertiary/aromatic N) is 2. The number of aliphatic hydroxyl groups excluding tert-OH is 1. The third-order valence-corrected chi connectivity index (χ3v) is 3.26. The number of aromatic nitrogens is 1. The molecule has 0 amide bonds. The zero-order valence-electron chi connectivity index (χ0n) is 9.39. The molecule has 0 aliphatic carbocycles. The van der Waals surface area contributed by atoms with Crippen molar-refractivity contribution in [2.24, 2.45) is 13.0 Å². The van der Waals surface area contributed by atoms with Crippen molar-refractivity contribution in [3.63, 3.8) is 0 Å². The molecule has 2 rings (SSSR count). The lowest BCUT2D eigenvalue weighted by Crippen LogP contribution is -2.34. The Labute approximate surface area is 91.3 Å². The minimum Gasteiger partial charge on any atom is -0.396 e. The number of likely N-dealkylation sites (tertiary alicyclic amines) is 1. The molecule has 2 heterocycles. The fourth-order valence-corrected chi connectivity index (χ4v) is 2.24. The SMILES string of the molecule is Cn1ccc(CN2CCC(CO)CC2)c1. The van der Waals surface area contributed by atoms with Gasteiger partial charge in [-0.05, 0) is 43.5 Å². The standard InChI is InChI=1S/C12H20N2O/c1-13-5-2-12(8-13)9-14-6-3-11(10-15)4-7-14/h2,5,8,11,15H,3-4,6-7,9-10H2,1H3. The summed E-state index contributed by atoms with van der Waals surface area (Å²) in [6.45, 7) is 3.67. The third kappa shape index (κ3) is 2.83. The quantitative estimate of drug-likeness (QED) is 0.809. The smallest absolute Gasteiger partial charge is 0.0460 e. The highest BCUT2D eigenvalue weighted by Gasteiger charge is 2.18. The fraction of sp³-hybridized carbons (Fsp3) is 0.667. The second kappa shape index (κ2) is 4.81. The molecule has 0 atom stereocenters. The predicted octanol–water partition coefficient (Wildman–Crippen LogP) is 1.23. The Morgan fingerprint density at radius 3 is 2.67 bits per heavy atom. The predicted molar refractivity (Wildman–Crippen MR) is 60.5 cm³/mol. The summed E-state index contributed by atoms with van der Waals surface area (Å²) in [5.74, 6) is 0.539. The Kier molecular flexibility index (Phi) is 3.44. The maximum absolute atomic E-state index is 9.05. The van der Waals surface area contributed by atoms with Crippen molar-refractivity contribution in [2.45, 2.75) is 19.4 Å². The van der Waals surface area contributed by atoms with Gasteiger partial charge in [-0.1, -0.05) is 0 Å². The summed E-state index contributed by atoms with van der Waals surface area (Å²) < 4.78 is 2.09. The number of piperidine rings is 1. The average Bonchev–Trinajstić information content (AvgIpc) is 2.65. The van der Waals surface area contributed by atoms with Crippen molar-refractivity contribution >= 4 is 0 Å². The maximum atomic E-state index is 9.05. The number of hydrogen-bond donors (Lipinski definition) is 1. The van der Waals surface area contributed by atoms with E-state index >= 15 is 0 Å². The second-order valence-corrected chi connectivity index (χ2v) is 4.59. The van der Waals surface area contributed by atoms with Crippen LogP contribution in [0.25, 0.3) is 0 Å². The van der Waals surface area contributed by atoms with Crippen LogP contribution in [-0.4, -0.2) is 34.3 Å². The largest absolute Gasteiger partial charge is 0.396 e. The van der Waals surface area contributed by atoms with E-state index in [9.17, 15) is 0 Å². The van der Waals surface area contributed by atoms with Gasteiger partial charge in [-0.25, -0.2) is 0 Å². The van der Waals surface area contributed by atoms with E-state index < -0.39 is 0 Å². The van der Waals surface area contributed by atoms with Crippen LogP contribution in [0.3, 0.4) is 0 Å². The van der Waals surface area contributed by atoms with Crippen LogP contribution in [0.15, 0.2) is 18.5 Å². The number of rotatable bonds is 3. The second-order valence-electron chi connectivity index (χ2n) is 4.59. The highest BCUT2D eigenvalue weighted by atomic mass is 16.3. The lowest BCUT2D eigenvalue weighted by atomic mass is 9.98. The van der Waals surface area contributed by atoms with Crippen LogP contribution in [0.2, 0.25) is 0 Å². The number of aryl methyl sites for hydroxylation is 1.